The molecule has 1 heterocycles. The molecule has 100 valence electrons. The van der Waals surface area contributed by atoms with Gasteiger partial charge in [0.15, 0.2) is 0 Å². The molecule has 3 rings (SSSR count). The number of fused-ring (bicyclic) bond motifs is 1. The predicted molar refractivity (Wildman–Crippen MR) is 80.2 cm³/mol. The summed E-state index contributed by atoms with van der Waals surface area (Å²) in [5.74, 6) is -0.216. The second-order valence-electron chi connectivity index (χ2n) is 4.86. The fourth-order valence-corrected chi connectivity index (χ4v) is 2.34. The molecule has 20 heavy (non-hydrogen) atoms. The first-order chi connectivity index (χ1) is 9.72. The Bertz CT molecular complexity index is 727. The van der Waals surface area contributed by atoms with E-state index in [1.165, 1.54) is 12.1 Å². The number of aryl methyl sites for hydroxylation is 1. The lowest BCUT2D eigenvalue weighted by atomic mass is 10.1. The summed E-state index contributed by atoms with van der Waals surface area (Å²) in [6, 6.07) is 15.0. The molecule has 2 aromatic carbocycles. The largest absolute Gasteiger partial charge is 0.381 e. The van der Waals surface area contributed by atoms with Gasteiger partial charge in [-0.2, -0.15) is 0 Å². The Morgan fingerprint density at radius 3 is 2.80 bits per heavy atom. The third-order valence-electron chi connectivity index (χ3n) is 3.26. The van der Waals surface area contributed by atoms with Gasteiger partial charge in [0.05, 0.1) is 5.52 Å². The van der Waals surface area contributed by atoms with Gasteiger partial charge < -0.3 is 5.32 Å². The normalized spacial score (nSPS) is 10.7. The van der Waals surface area contributed by atoms with Crippen molar-refractivity contribution < 1.29 is 4.39 Å². The van der Waals surface area contributed by atoms with Crippen LogP contribution < -0.4 is 5.32 Å². The highest BCUT2D eigenvalue weighted by Gasteiger charge is 2.02. The monoisotopic (exact) mass is 266 g/mol. The number of pyridine rings is 1. The number of hydrogen-bond acceptors (Lipinski definition) is 2. The minimum Gasteiger partial charge on any atom is -0.381 e. The zero-order chi connectivity index (χ0) is 13.9. The number of hydrogen-bond donors (Lipinski definition) is 1. The molecule has 2 nitrogen and oxygen atoms in total. The van der Waals surface area contributed by atoms with Gasteiger partial charge in [0, 0.05) is 23.8 Å². The molecule has 0 unspecified atom stereocenters. The number of aromatic nitrogens is 1. The van der Waals surface area contributed by atoms with Crippen LogP contribution in [0.5, 0.6) is 0 Å². The van der Waals surface area contributed by atoms with Crippen LogP contribution in [0.15, 0.2) is 54.7 Å². The molecule has 0 aliphatic heterocycles. The highest BCUT2D eigenvalue weighted by atomic mass is 19.1. The summed E-state index contributed by atoms with van der Waals surface area (Å²) in [5, 5.41) is 4.39. The average molecular weight is 266 g/mol. The zero-order valence-electron chi connectivity index (χ0n) is 11.2. The third-order valence-corrected chi connectivity index (χ3v) is 3.26. The molecule has 1 N–H and O–H groups in total. The maximum absolute atomic E-state index is 13.4. The van der Waals surface area contributed by atoms with E-state index >= 15 is 0 Å². The van der Waals surface area contributed by atoms with Crippen molar-refractivity contribution >= 4 is 16.6 Å². The summed E-state index contributed by atoms with van der Waals surface area (Å²) in [7, 11) is 0. The molecule has 3 heteroatoms. The molecule has 0 amide bonds. The van der Waals surface area contributed by atoms with Gasteiger partial charge in [-0.25, -0.2) is 4.39 Å². The lowest BCUT2D eigenvalue weighted by Crippen LogP contribution is -2.01. The van der Waals surface area contributed by atoms with Crippen LogP contribution in [0, 0.1) is 12.7 Å². The van der Waals surface area contributed by atoms with E-state index in [0.29, 0.717) is 6.54 Å². The van der Waals surface area contributed by atoms with Crippen molar-refractivity contribution in [1.82, 2.24) is 4.98 Å². The van der Waals surface area contributed by atoms with Crippen molar-refractivity contribution in [3.05, 3.63) is 71.7 Å². The lowest BCUT2D eigenvalue weighted by molar-refractivity contribution is 0.627. The number of nitrogens with zero attached hydrogens (tertiary/aromatic N) is 1. The van der Waals surface area contributed by atoms with Gasteiger partial charge in [0.1, 0.15) is 5.82 Å². The molecule has 0 fully saturated rings. The number of para-hydroxylation sites is 1. The Kier molecular flexibility index (Phi) is 3.33. The van der Waals surface area contributed by atoms with Crippen molar-refractivity contribution in [2.24, 2.45) is 0 Å². The van der Waals surface area contributed by atoms with Gasteiger partial charge in [0.2, 0.25) is 0 Å². The number of anilines is 1. The molecule has 0 aliphatic carbocycles. The van der Waals surface area contributed by atoms with E-state index in [4.69, 9.17) is 0 Å². The Morgan fingerprint density at radius 2 is 1.95 bits per heavy atom. The molecule has 0 atom stereocenters. The summed E-state index contributed by atoms with van der Waals surface area (Å²) >= 11 is 0. The molecule has 1 aromatic heterocycles. The topological polar surface area (TPSA) is 24.9 Å². The van der Waals surface area contributed by atoms with Gasteiger partial charge in [-0.1, -0.05) is 18.2 Å². The Hall–Kier alpha value is -2.42. The Balaban J connectivity index is 1.87. The van der Waals surface area contributed by atoms with Gasteiger partial charge in [0.25, 0.3) is 0 Å². The smallest absolute Gasteiger partial charge is 0.125 e. The van der Waals surface area contributed by atoms with Crippen LogP contribution in [0.25, 0.3) is 10.9 Å². The maximum Gasteiger partial charge on any atom is 0.125 e. The fourth-order valence-electron chi connectivity index (χ4n) is 2.34. The van der Waals surface area contributed by atoms with Crippen LogP contribution in [0.4, 0.5) is 10.1 Å². The molecule has 3 aromatic rings. The maximum atomic E-state index is 13.4. The first kappa shape index (κ1) is 12.6. The lowest BCUT2D eigenvalue weighted by Gasteiger charge is -2.10. The van der Waals surface area contributed by atoms with Crippen LogP contribution in [-0.2, 0) is 6.54 Å². The SMILES string of the molecule is Cc1cc(F)cc(NCc2ccnc3ccccc23)c1. The standard InChI is InChI=1S/C17H15FN2/c1-12-8-14(18)10-15(9-12)20-11-13-6-7-19-17-5-3-2-4-16(13)17/h2-10,20H,11H2,1H3. The zero-order valence-corrected chi connectivity index (χ0v) is 11.2. The van der Waals surface area contributed by atoms with E-state index in [9.17, 15) is 4.39 Å². The van der Waals surface area contributed by atoms with Gasteiger partial charge in [-0.3, -0.25) is 4.98 Å². The van der Waals surface area contributed by atoms with Crippen molar-refractivity contribution in [2.75, 3.05) is 5.32 Å². The molecule has 0 aliphatic rings. The number of benzene rings is 2. The first-order valence-corrected chi connectivity index (χ1v) is 6.56. The first-order valence-electron chi connectivity index (χ1n) is 6.56. The van der Waals surface area contributed by atoms with Crippen LogP contribution in [-0.4, -0.2) is 4.98 Å². The summed E-state index contributed by atoms with van der Waals surface area (Å²) in [4.78, 5) is 4.34. The molecule has 0 bridgehead atoms. The van der Waals surface area contributed by atoms with Crippen LogP contribution in [0.2, 0.25) is 0 Å². The Labute approximate surface area is 117 Å². The van der Waals surface area contributed by atoms with Crippen molar-refractivity contribution in [1.29, 1.82) is 0 Å². The number of halogens is 1. The quantitative estimate of drug-likeness (QED) is 0.764. The molecule has 0 spiro atoms. The predicted octanol–water partition coefficient (Wildman–Crippen LogP) is 4.29. The Morgan fingerprint density at radius 1 is 1.10 bits per heavy atom. The van der Waals surface area contributed by atoms with E-state index in [-0.39, 0.29) is 5.82 Å². The summed E-state index contributed by atoms with van der Waals surface area (Å²) in [5.41, 5.74) is 3.83. The van der Waals surface area contributed by atoms with E-state index in [1.54, 1.807) is 6.20 Å². The average Bonchev–Trinajstić information content (AvgIpc) is 2.44. The molecular formula is C17H15FN2. The van der Waals surface area contributed by atoms with Gasteiger partial charge >= 0.3 is 0 Å². The van der Waals surface area contributed by atoms with Gasteiger partial charge in [-0.15, -0.1) is 0 Å². The van der Waals surface area contributed by atoms with Crippen LogP contribution in [0.1, 0.15) is 11.1 Å². The number of rotatable bonds is 3. The van der Waals surface area contributed by atoms with Crippen LogP contribution >= 0.6 is 0 Å². The second-order valence-corrected chi connectivity index (χ2v) is 4.86. The molecular weight excluding hydrogens is 251 g/mol. The summed E-state index contributed by atoms with van der Waals surface area (Å²) in [6.07, 6.45) is 1.80. The van der Waals surface area contributed by atoms with Crippen molar-refractivity contribution in [2.45, 2.75) is 13.5 Å². The van der Waals surface area contributed by atoms with Gasteiger partial charge in [-0.05, 0) is 48.4 Å². The fraction of sp³-hybridized carbons (Fsp3) is 0.118. The minimum atomic E-state index is -0.216. The van der Waals surface area contributed by atoms with E-state index in [1.807, 2.05) is 37.3 Å². The summed E-state index contributed by atoms with van der Waals surface area (Å²) < 4.78 is 13.4. The van der Waals surface area contributed by atoms with E-state index in [0.717, 1.165) is 27.7 Å². The van der Waals surface area contributed by atoms with Crippen molar-refractivity contribution in [3.8, 4) is 0 Å². The highest BCUT2D eigenvalue weighted by molar-refractivity contribution is 5.82. The summed E-state index contributed by atoms with van der Waals surface area (Å²) in [6.45, 7) is 2.53. The molecule has 0 radical (unpaired) electrons. The second kappa shape index (κ2) is 5.29. The third kappa shape index (κ3) is 2.62. The number of nitrogens with one attached hydrogen (secondary N) is 1. The highest BCUT2D eigenvalue weighted by Crippen LogP contribution is 2.19. The molecule has 0 saturated carbocycles. The van der Waals surface area contributed by atoms with E-state index < -0.39 is 0 Å². The van der Waals surface area contributed by atoms with E-state index in [2.05, 4.69) is 16.4 Å². The minimum absolute atomic E-state index is 0.216. The van der Waals surface area contributed by atoms with Crippen molar-refractivity contribution in [3.63, 3.8) is 0 Å². The molecule has 0 saturated heterocycles. The van der Waals surface area contributed by atoms with Crippen LogP contribution in [0.3, 0.4) is 0 Å².